The van der Waals surface area contributed by atoms with Gasteiger partial charge in [0.2, 0.25) is 0 Å². The minimum absolute atomic E-state index is 0.227. The van der Waals surface area contributed by atoms with Gasteiger partial charge in [-0.1, -0.05) is 18.2 Å². The number of nitrogens with zero attached hydrogens (tertiary/aromatic N) is 2. The fraction of sp³-hybridized carbons (Fsp3) is 0.0833. The van der Waals surface area contributed by atoms with Crippen molar-refractivity contribution in [2.75, 3.05) is 0 Å². The molecule has 2 aromatic rings. The normalized spacial score (nSPS) is 10.2. The number of carbonyl (C=O) groups excluding carboxylic acids is 1. The molecule has 0 aliphatic heterocycles. The van der Waals surface area contributed by atoms with Crippen LogP contribution in [0.15, 0.2) is 52.2 Å². The highest BCUT2D eigenvalue weighted by atomic mass is 16.2. The van der Waals surface area contributed by atoms with Crippen molar-refractivity contribution in [1.29, 1.82) is 0 Å². The van der Waals surface area contributed by atoms with Gasteiger partial charge in [0.15, 0.2) is 0 Å². The van der Waals surface area contributed by atoms with E-state index in [1.54, 1.807) is 18.2 Å². The summed E-state index contributed by atoms with van der Waals surface area (Å²) in [5.41, 5.74) is -1.36. The van der Waals surface area contributed by atoms with Gasteiger partial charge in [0.25, 0.3) is 11.5 Å². The van der Waals surface area contributed by atoms with Crippen LogP contribution >= 0.6 is 0 Å². The van der Waals surface area contributed by atoms with Crippen LogP contribution in [0.5, 0.6) is 0 Å². The second-order valence-corrected chi connectivity index (χ2v) is 3.98. The molecule has 0 spiro atoms. The number of hydrogen-bond acceptors (Lipinski definition) is 4. The van der Waals surface area contributed by atoms with Crippen molar-refractivity contribution in [3.8, 4) is 0 Å². The van der Waals surface area contributed by atoms with E-state index in [9.17, 15) is 19.4 Å². The fourth-order valence-electron chi connectivity index (χ4n) is 1.67. The third-order valence-electron chi connectivity index (χ3n) is 2.64. The quantitative estimate of drug-likeness (QED) is 0.747. The van der Waals surface area contributed by atoms with Crippen LogP contribution < -0.4 is 11.2 Å². The average Bonchev–Trinajstić information content (AvgIpc) is 2.39. The standard InChI is InChI=1S/C12H11BN2O4/c1-13(19)14-8-7-10(16)15(12(14)18)11(17)9-5-3-2-4-6-9/h2-8,19H,1H3. The predicted octanol–water partition coefficient (Wildman–Crippen LogP) is -0.343. The Hall–Kier alpha value is -2.41. The van der Waals surface area contributed by atoms with Crippen molar-refractivity contribution in [3.05, 3.63) is 69.0 Å². The summed E-state index contributed by atoms with van der Waals surface area (Å²) < 4.78 is 1.41. The molecule has 1 aromatic carbocycles. The van der Waals surface area contributed by atoms with Crippen molar-refractivity contribution in [2.24, 2.45) is 0 Å². The summed E-state index contributed by atoms with van der Waals surface area (Å²) in [5.74, 6) is -0.717. The molecule has 1 aromatic heterocycles. The minimum Gasteiger partial charge on any atom is -0.432 e. The van der Waals surface area contributed by atoms with E-state index in [1.165, 1.54) is 19.0 Å². The zero-order valence-corrected chi connectivity index (χ0v) is 10.2. The van der Waals surface area contributed by atoms with Gasteiger partial charge in [-0.3, -0.25) is 9.59 Å². The largest absolute Gasteiger partial charge is 0.432 e. The minimum atomic E-state index is -1.12. The lowest BCUT2D eigenvalue weighted by atomic mass is 9.88. The molecule has 96 valence electrons. The van der Waals surface area contributed by atoms with E-state index in [2.05, 4.69) is 0 Å². The van der Waals surface area contributed by atoms with Gasteiger partial charge in [-0.05, 0) is 19.0 Å². The zero-order chi connectivity index (χ0) is 14.0. The number of benzene rings is 1. The average molecular weight is 258 g/mol. The second-order valence-electron chi connectivity index (χ2n) is 3.98. The lowest BCUT2D eigenvalue weighted by molar-refractivity contribution is 0.0950. The molecule has 0 amide bonds. The first-order valence-corrected chi connectivity index (χ1v) is 5.64. The van der Waals surface area contributed by atoms with Crippen molar-refractivity contribution in [2.45, 2.75) is 6.82 Å². The van der Waals surface area contributed by atoms with Gasteiger partial charge in [0.05, 0.1) is 0 Å². The molecule has 6 nitrogen and oxygen atoms in total. The number of hydrogen-bond donors (Lipinski definition) is 1. The molecule has 0 radical (unpaired) electrons. The Morgan fingerprint density at radius 1 is 1.16 bits per heavy atom. The maximum absolute atomic E-state index is 12.1. The van der Waals surface area contributed by atoms with Crippen LogP contribution in [0, 0.1) is 0 Å². The maximum Gasteiger partial charge on any atom is 0.417 e. The molecule has 0 unspecified atom stereocenters. The third-order valence-corrected chi connectivity index (χ3v) is 2.64. The van der Waals surface area contributed by atoms with E-state index in [0.29, 0.717) is 4.57 Å². The van der Waals surface area contributed by atoms with Crippen LogP contribution in [-0.4, -0.2) is 27.0 Å². The van der Waals surface area contributed by atoms with Gasteiger partial charge in [-0.25, -0.2) is 4.79 Å². The number of aromatic nitrogens is 2. The Labute approximate surface area is 108 Å². The maximum atomic E-state index is 12.1. The predicted molar refractivity (Wildman–Crippen MR) is 70.4 cm³/mol. The van der Waals surface area contributed by atoms with Crippen LogP contribution in [0.2, 0.25) is 6.82 Å². The molecule has 2 rings (SSSR count). The highest BCUT2D eigenvalue weighted by Crippen LogP contribution is 1.99. The second kappa shape index (κ2) is 5.07. The first-order valence-electron chi connectivity index (χ1n) is 5.64. The van der Waals surface area contributed by atoms with Crippen LogP contribution in [0.1, 0.15) is 10.4 Å². The molecule has 0 fully saturated rings. The molecule has 0 aliphatic carbocycles. The molecule has 0 atom stereocenters. The van der Waals surface area contributed by atoms with Crippen LogP contribution in [0.25, 0.3) is 0 Å². The Balaban J connectivity index is 2.64. The molecule has 1 heterocycles. The summed E-state index contributed by atoms with van der Waals surface area (Å²) >= 11 is 0. The molecule has 0 aliphatic rings. The van der Waals surface area contributed by atoms with E-state index in [0.717, 1.165) is 16.7 Å². The molecule has 0 saturated heterocycles. The summed E-state index contributed by atoms with van der Waals surface area (Å²) in [6.45, 7) is 1.36. The van der Waals surface area contributed by atoms with Crippen molar-refractivity contribution in [1.82, 2.24) is 9.05 Å². The van der Waals surface area contributed by atoms with E-state index < -0.39 is 24.2 Å². The van der Waals surface area contributed by atoms with Crippen molar-refractivity contribution < 1.29 is 9.82 Å². The Bertz CT molecular complexity index is 718. The Kier molecular flexibility index (Phi) is 3.48. The van der Waals surface area contributed by atoms with Gasteiger partial charge >= 0.3 is 12.7 Å². The van der Waals surface area contributed by atoms with Gasteiger partial charge in [0.1, 0.15) is 0 Å². The van der Waals surface area contributed by atoms with E-state index in [1.807, 2.05) is 0 Å². The third kappa shape index (κ3) is 2.41. The van der Waals surface area contributed by atoms with Gasteiger partial charge < -0.3 is 9.50 Å². The summed E-state index contributed by atoms with van der Waals surface area (Å²) in [7, 11) is -1.12. The fourth-order valence-corrected chi connectivity index (χ4v) is 1.67. The zero-order valence-electron chi connectivity index (χ0n) is 10.2. The number of rotatable bonds is 2. The summed E-state index contributed by atoms with van der Waals surface area (Å²) in [6.07, 6.45) is 1.16. The van der Waals surface area contributed by atoms with E-state index in [-0.39, 0.29) is 5.56 Å². The lowest BCUT2D eigenvalue weighted by Crippen LogP contribution is -2.46. The molecular weight excluding hydrogens is 247 g/mol. The molecule has 0 saturated carbocycles. The summed E-state index contributed by atoms with van der Waals surface area (Å²) in [6, 6.07) is 9.07. The Morgan fingerprint density at radius 2 is 1.79 bits per heavy atom. The lowest BCUT2D eigenvalue weighted by Gasteiger charge is -2.08. The topological polar surface area (TPSA) is 81.3 Å². The SMILES string of the molecule is CB(O)n1ccc(=O)n(C(=O)c2ccccc2)c1=O. The van der Waals surface area contributed by atoms with Gasteiger partial charge in [-0.2, -0.15) is 4.57 Å². The summed E-state index contributed by atoms with van der Waals surface area (Å²) in [4.78, 5) is 35.8. The van der Waals surface area contributed by atoms with Crippen molar-refractivity contribution >= 4 is 13.0 Å². The van der Waals surface area contributed by atoms with E-state index in [4.69, 9.17) is 0 Å². The highest BCUT2D eigenvalue weighted by Gasteiger charge is 2.17. The highest BCUT2D eigenvalue weighted by molar-refractivity contribution is 6.46. The number of carbonyl (C=O) groups is 1. The van der Waals surface area contributed by atoms with Crippen LogP contribution in [0.4, 0.5) is 0 Å². The Morgan fingerprint density at radius 3 is 2.37 bits per heavy atom. The van der Waals surface area contributed by atoms with Crippen molar-refractivity contribution in [3.63, 3.8) is 0 Å². The monoisotopic (exact) mass is 258 g/mol. The smallest absolute Gasteiger partial charge is 0.417 e. The molecule has 0 bridgehead atoms. The van der Waals surface area contributed by atoms with Gasteiger partial charge in [-0.15, -0.1) is 0 Å². The van der Waals surface area contributed by atoms with Gasteiger partial charge in [0, 0.05) is 17.8 Å². The summed E-state index contributed by atoms with van der Waals surface area (Å²) in [5, 5.41) is 9.41. The van der Waals surface area contributed by atoms with E-state index >= 15 is 0 Å². The van der Waals surface area contributed by atoms with Crippen LogP contribution in [-0.2, 0) is 0 Å². The molecule has 19 heavy (non-hydrogen) atoms. The van der Waals surface area contributed by atoms with Crippen LogP contribution in [0.3, 0.4) is 0 Å². The molecule has 7 heteroatoms. The first kappa shape index (κ1) is 13.0. The molecular formula is C12H11BN2O4. The first-order chi connectivity index (χ1) is 9.02. The molecule has 1 N–H and O–H groups in total.